The highest BCUT2D eigenvalue weighted by molar-refractivity contribution is 5.82. The van der Waals surface area contributed by atoms with Gasteiger partial charge in [-0.1, -0.05) is 0 Å². The summed E-state index contributed by atoms with van der Waals surface area (Å²) in [5.74, 6) is -1.22. The first-order valence-corrected chi connectivity index (χ1v) is 5.74. The molecular weight excluding hydrogens is 224 g/mol. The second kappa shape index (κ2) is 5.97. The van der Waals surface area contributed by atoms with Crippen LogP contribution in [0.1, 0.15) is 19.8 Å². The predicted octanol–water partition coefficient (Wildman–Crippen LogP) is -0.315. The summed E-state index contributed by atoms with van der Waals surface area (Å²) >= 11 is 0. The molecule has 0 spiro atoms. The summed E-state index contributed by atoms with van der Waals surface area (Å²) in [4.78, 5) is 24.4. The molecule has 1 heterocycles. The van der Waals surface area contributed by atoms with Gasteiger partial charge in [0.2, 0.25) is 5.91 Å². The lowest BCUT2D eigenvalue weighted by atomic mass is 10.2. The molecule has 6 nitrogen and oxygen atoms in total. The quantitative estimate of drug-likeness (QED) is 0.693. The maximum Gasteiger partial charge on any atom is 0.332 e. The summed E-state index contributed by atoms with van der Waals surface area (Å²) in [6.45, 7) is 2.53. The third kappa shape index (κ3) is 3.98. The number of ether oxygens (including phenoxy) is 1. The number of carbonyl (C=O) groups is 2. The molecule has 3 unspecified atom stereocenters. The molecule has 0 aromatic carbocycles. The van der Waals surface area contributed by atoms with Crippen molar-refractivity contribution in [2.24, 2.45) is 0 Å². The number of nitrogens with one attached hydrogen (secondary N) is 1. The van der Waals surface area contributed by atoms with Crippen LogP contribution in [0.25, 0.3) is 0 Å². The van der Waals surface area contributed by atoms with Gasteiger partial charge in [-0.2, -0.15) is 0 Å². The zero-order valence-electron chi connectivity index (χ0n) is 10.5. The number of carbonyl (C=O) groups excluding carboxylic acids is 1. The minimum absolute atomic E-state index is 0.220. The third-order valence-electron chi connectivity index (χ3n) is 3.04. The Bertz CT molecular complexity index is 293. The summed E-state index contributed by atoms with van der Waals surface area (Å²) in [6.07, 6.45) is -0.585. The number of amides is 1. The van der Waals surface area contributed by atoms with E-state index in [0.717, 1.165) is 0 Å². The smallest absolute Gasteiger partial charge is 0.332 e. The molecule has 1 amide bonds. The van der Waals surface area contributed by atoms with E-state index in [1.54, 1.807) is 0 Å². The Labute approximate surface area is 101 Å². The van der Waals surface area contributed by atoms with Crippen LogP contribution in [-0.4, -0.2) is 60.8 Å². The molecule has 2 N–H and O–H groups in total. The zero-order valence-corrected chi connectivity index (χ0v) is 10.5. The Morgan fingerprint density at radius 1 is 1.41 bits per heavy atom. The fourth-order valence-corrected chi connectivity index (χ4v) is 1.56. The van der Waals surface area contributed by atoms with Crippen molar-refractivity contribution in [2.75, 3.05) is 20.6 Å². The summed E-state index contributed by atoms with van der Waals surface area (Å²) in [7, 11) is 3.87. The second-order valence-corrected chi connectivity index (χ2v) is 4.59. The molecule has 1 rings (SSSR count). The lowest BCUT2D eigenvalue weighted by molar-refractivity contribution is -0.151. The van der Waals surface area contributed by atoms with E-state index in [9.17, 15) is 9.59 Å². The number of carboxylic acid groups (broad SMARTS) is 1. The molecule has 0 aromatic heterocycles. The topological polar surface area (TPSA) is 78.9 Å². The first-order valence-electron chi connectivity index (χ1n) is 5.74. The number of rotatable bonds is 5. The van der Waals surface area contributed by atoms with Gasteiger partial charge in [-0.3, -0.25) is 4.79 Å². The van der Waals surface area contributed by atoms with E-state index in [1.807, 2.05) is 25.9 Å². The lowest BCUT2D eigenvalue weighted by Gasteiger charge is -2.21. The molecule has 17 heavy (non-hydrogen) atoms. The van der Waals surface area contributed by atoms with Crippen LogP contribution in [0.15, 0.2) is 0 Å². The number of aliphatic carboxylic acids is 1. The van der Waals surface area contributed by atoms with Crippen molar-refractivity contribution in [3.63, 3.8) is 0 Å². The van der Waals surface area contributed by atoms with Gasteiger partial charge >= 0.3 is 5.97 Å². The zero-order chi connectivity index (χ0) is 13.0. The molecule has 1 saturated heterocycles. The maximum absolute atomic E-state index is 11.7. The van der Waals surface area contributed by atoms with Crippen molar-refractivity contribution < 1.29 is 19.4 Å². The predicted molar refractivity (Wildman–Crippen MR) is 61.7 cm³/mol. The van der Waals surface area contributed by atoms with E-state index in [1.165, 1.54) is 0 Å². The van der Waals surface area contributed by atoms with Gasteiger partial charge in [0.25, 0.3) is 0 Å². The van der Waals surface area contributed by atoms with Crippen LogP contribution in [0, 0.1) is 0 Å². The number of hydrogen-bond donors (Lipinski definition) is 2. The van der Waals surface area contributed by atoms with Gasteiger partial charge in [-0.15, -0.1) is 0 Å². The first-order chi connectivity index (χ1) is 7.91. The van der Waals surface area contributed by atoms with E-state index in [-0.39, 0.29) is 11.9 Å². The van der Waals surface area contributed by atoms with Crippen LogP contribution < -0.4 is 5.32 Å². The summed E-state index contributed by atoms with van der Waals surface area (Å²) in [5, 5.41) is 11.5. The van der Waals surface area contributed by atoms with Crippen molar-refractivity contribution in [3.05, 3.63) is 0 Å². The Balaban J connectivity index is 2.32. The van der Waals surface area contributed by atoms with Gasteiger partial charge in [-0.25, -0.2) is 4.79 Å². The number of likely N-dealkylation sites (N-methyl/N-ethyl adjacent to an activating group) is 1. The highest BCUT2D eigenvalue weighted by Crippen LogP contribution is 2.19. The van der Waals surface area contributed by atoms with Crippen LogP contribution in [0.5, 0.6) is 0 Å². The molecule has 0 aliphatic carbocycles. The molecule has 6 heteroatoms. The van der Waals surface area contributed by atoms with Gasteiger partial charge in [0.15, 0.2) is 6.10 Å². The molecular formula is C11H20N2O4. The largest absolute Gasteiger partial charge is 0.479 e. The van der Waals surface area contributed by atoms with Crippen molar-refractivity contribution in [3.8, 4) is 0 Å². The average Bonchev–Trinajstić information content (AvgIpc) is 2.74. The van der Waals surface area contributed by atoms with Gasteiger partial charge in [0, 0.05) is 12.6 Å². The summed E-state index contributed by atoms with van der Waals surface area (Å²) < 4.78 is 5.15. The monoisotopic (exact) mass is 244 g/mol. The van der Waals surface area contributed by atoms with Crippen LogP contribution in [0.2, 0.25) is 0 Å². The van der Waals surface area contributed by atoms with Gasteiger partial charge < -0.3 is 20.1 Å². The third-order valence-corrected chi connectivity index (χ3v) is 3.04. The first kappa shape index (κ1) is 13.9. The molecule has 3 atom stereocenters. The van der Waals surface area contributed by atoms with Gasteiger partial charge in [0.05, 0.1) is 0 Å². The second-order valence-electron chi connectivity index (χ2n) is 4.59. The normalized spacial score (nSPS) is 25.9. The van der Waals surface area contributed by atoms with Crippen molar-refractivity contribution >= 4 is 11.9 Å². The van der Waals surface area contributed by atoms with E-state index >= 15 is 0 Å². The molecule has 0 aromatic rings. The average molecular weight is 244 g/mol. The molecule has 1 fully saturated rings. The minimum atomic E-state index is -0.998. The van der Waals surface area contributed by atoms with Crippen LogP contribution in [0.3, 0.4) is 0 Å². The molecule has 1 aliphatic heterocycles. The Hall–Kier alpha value is -1.14. The van der Waals surface area contributed by atoms with Gasteiger partial charge in [-0.05, 0) is 33.9 Å². The summed E-state index contributed by atoms with van der Waals surface area (Å²) in [6, 6.07) is 0.232. The number of hydrogen-bond acceptors (Lipinski definition) is 4. The van der Waals surface area contributed by atoms with E-state index in [0.29, 0.717) is 19.4 Å². The minimum Gasteiger partial charge on any atom is -0.479 e. The van der Waals surface area contributed by atoms with Gasteiger partial charge in [0.1, 0.15) is 6.10 Å². The van der Waals surface area contributed by atoms with Crippen molar-refractivity contribution in [1.82, 2.24) is 10.2 Å². The van der Waals surface area contributed by atoms with Crippen molar-refractivity contribution in [2.45, 2.75) is 38.0 Å². The van der Waals surface area contributed by atoms with E-state index in [4.69, 9.17) is 9.84 Å². The molecule has 98 valence electrons. The highest BCUT2D eigenvalue weighted by Gasteiger charge is 2.34. The SMILES string of the molecule is CC(CNC(=O)C1CCC(C(=O)O)O1)N(C)C. The molecule has 0 bridgehead atoms. The van der Waals surface area contributed by atoms with Crippen LogP contribution in [-0.2, 0) is 14.3 Å². The fraction of sp³-hybridized carbons (Fsp3) is 0.818. The molecule has 0 saturated carbocycles. The standard InChI is InChI=1S/C11H20N2O4/c1-7(13(2)3)6-12-10(14)8-4-5-9(17-8)11(15)16/h7-9H,4-6H2,1-3H3,(H,12,14)(H,15,16). The van der Waals surface area contributed by atoms with E-state index < -0.39 is 18.2 Å². The number of nitrogens with zero attached hydrogens (tertiary/aromatic N) is 1. The summed E-state index contributed by atoms with van der Waals surface area (Å²) in [5.41, 5.74) is 0. The fourth-order valence-electron chi connectivity index (χ4n) is 1.56. The molecule has 1 aliphatic rings. The van der Waals surface area contributed by atoms with Crippen LogP contribution >= 0.6 is 0 Å². The Morgan fingerprint density at radius 3 is 2.47 bits per heavy atom. The van der Waals surface area contributed by atoms with Crippen LogP contribution in [0.4, 0.5) is 0 Å². The Kier molecular flexibility index (Phi) is 4.89. The maximum atomic E-state index is 11.7. The highest BCUT2D eigenvalue weighted by atomic mass is 16.5. The van der Waals surface area contributed by atoms with E-state index in [2.05, 4.69) is 5.32 Å². The molecule has 0 radical (unpaired) electrons. The number of carboxylic acids is 1. The lowest BCUT2D eigenvalue weighted by Crippen LogP contribution is -2.42. The van der Waals surface area contributed by atoms with Crippen molar-refractivity contribution in [1.29, 1.82) is 0 Å². The Morgan fingerprint density at radius 2 is 2.00 bits per heavy atom.